The average molecular weight is 514 g/mol. The molecule has 192 valence electrons. The van der Waals surface area contributed by atoms with Crippen LogP contribution in [0.1, 0.15) is 35.3 Å². The van der Waals surface area contributed by atoms with E-state index in [2.05, 4.69) is 19.9 Å². The van der Waals surface area contributed by atoms with Crippen molar-refractivity contribution in [1.82, 2.24) is 24.5 Å². The average Bonchev–Trinajstić information content (AvgIpc) is 2.86. The topological polar surface area (TPSA) is 86.0 Å². The van der Waals surface area contributed by atoms with E-state index >= 15 is 0 Å². The number of aryl methyl sites for hydroxylation is 2. The quantitative estimate of drug-likeness (QED) is 0.371. The Balaban J connectivity index is 1.67. The summed E-state index contributed by atoms with van der Waals surface area (Å²) in [5, 5.41) is 0.150. The van der Waals surface area contributed by atoms with Crippen LogP contribution in [0.2, 0.25) is 0 Å². The van der Waals surface area contributed by atoms with E-state index in [4.69, 9.17) is 4.74 Å². The highest BCUT2D eigenvalue weighted by atomic mass is 19.3. The van der Waals surface area contributed by atoms with Crippen molar-refractivity contribution in [3.05, 3.63) is 75.9 Å². The molecular weight excluding hydrogens is 492 g/mol. The summed E-state index contributed by atoms with van der Waals surface area (Å²) >= 11 is 0. The minimum Gasteiger partial charge on any atom is -0.345 e. The molecule has 0 spiro atoms. The van der Waals surface area contributed by atoms with Gasteiger partial charge in [0.2, 0.25) is 0 Å². The van der Waals surface area contributed by atoms with Crippen LogP contribution >= 0.6 is 0 Å². The summed E-state index contributed by atoms with van der Waals surface area (Å²) in [5.74, 6) is 0.499. The van der Waals surface area contributed by atoms with Crippen molar-refractivity contribution in [2.24, 2.45) is 7.05 Å². The molecule has 37 heavy (non-hydrogen) atoms. The number of ether oxygens (including phenoxy) is 1. The molecule has 5 heterocycles. The number of halogens is 4. The van der Waals surface area contributed by atoms with Crippen LogP contribution in [0.25, 0.3) is 22.2 Å². The smallest absolute Gasteiger partial charge is 0.345 e. The highest BCUT2D eigenvalue weighted by molar-refractivity contribution is 5.92. The van der Waals surface area contributed by atoms with E-state index in [-0.39, 0.29) is 29.0 Å². The van der Waals surface area contributed by atoms with Crippen LogP contribution in [0.3, 0.4) is 0 Å². The Kier molecular flexibility index (Phi) is 6.14. The third kappa shape index (κ3) is 4.76. The molecule has 0 saturated carbocycles. The SMILES string of the molecule is Cc1cc([C@@H]2CN(c3cc4c(=O)n(C)c(C)nc4c(-c4ccc(C(F)F)nc4)n3)CC(F)(F)O2)ccn1. The first-order valence-corrected chi connectivity index (χ1v) is 11.4. The first kappa shape index (κ1) is 24.8. The van der Waals surface area contributed by atoms with Crippen LogP contribution in [0.5, 0.6) is 0 Å². The maximum Gasteiger partial charge on any atom is 0.373 e. The highest BCUT2D eigenvalue weighted by Crippen LogP contribution is 2.37. The second kappa shape index (κ2) is 9.18. The monoisotopic (exact) mass is 514 g/mol. The van der Waals surface area contributed by atoms with Gasteiger partial charge in [0.05, 0.1) is 11.9 Å². The van der Waals surface area contributed by atoms with Crippen LogP contribution in [-0.2, 0) is 11.8 Å². The van der Waals surface area contributed by atoms with Gasteiger partial charge in [0.15, 0.2) is 0 Å². The van der Waals surface area contributed by atoms with E-state index in [1.807, 2.05) is 0 Å². The molecule has 8 nitrogen and oxygen atoms in total. The van der Waals surface area contributed by atoms with E-state index in [9.17, 15) is 22.4 Å². The van der Waals surface area contributed by atoms with Crippen molar-refractivity contribution in [3.8, 4) is 11.3 Å². The lowest BCUT2D eigenvalue weighted by Crippen LogP contribution is -2.48. The van der Waals surface area contributed by atoms with Gasteiger partial charge in [-0.2, -0.15) is 8.78 Å². The van der Waals surface area contributed by atoms with Gasteiger partial charge in [-0.3, -0.25) is 19.3 Å². The van der Waals surface area contributed by atoms with E-state index in [1.165, 1.54) is 34.0 Å². The summed E-state index contributed by atoms with van der Waals surface area (Å²) in [7, 11) is 1.55. The number of anilines is 1. The maximum absolute atomic E-state index is 14.8. The zero-order valence-corrected chi connectivity index (χ0v) is 20.1. The van der Waals surface area contributed by atoms with Gasteiger partial charge >= 0.3 is 6.11 Å². The van der Waals surface area contributed by atoms with Crippen molar-refractivity contribution in [2.45, 2.75) is 32.5 Å². The molecule has 12 heteroatoms. The molecule has 0 unspecified atom stereocenters. The molecule has 0 N–H and O–H groups in total. The molecule has 1 aliphatic rings. The number of nitrogens with zero attached hydrogens (tertiary/aromatic N) is 6. The van der Waals surface area contributed by atoms with Gasteiger partial charge in [0.1, 0.15) is 41.2 Å². The Morgan fingerprint density at radius 2 is 1.89 bits per heavy atom. The zero-order valence-electron chi connectivity index (χ0n) is 20.1. The van der Waals surface area contributed by atoms with Gasteiger partial charge in [0.25, 0.3) is 12.0 Å². The van der Waals surface area contributed by atoms with Crippen molar-refractivity contribution < 1.29 is 22.3 Å². The van der Waals surface area contributed by atoms with E-state index < -0.39 is 36.4 Å². The molecule has 0 bridgehead atoms. The fraction of sp³-hybridized carbons (Fsp3) is 0.320. The molecule has 0 aliphatic carbocycles. The Hall–Kier alpha value is -3.93. The molecular formula is C25H22F4N6O2. The fourth-order valence-electron chi connectivity index (χ4n) is 4.29. The predicted molar refractivity (Wildman–Crippen MR) is 128 cm³/mol. The molecule has 5 rings (SSSR count). The first-order valence-electron chi connectivity index (χ1n) is 11.4. The molecule has 0 aromatic carbocycles. The van der Waals surface area contributed by atoms with Crippen molar-refractivity contribution >= 4 is 16.7 Å². The summed E-state index contributed by atoms with van der Waals surface area (Å²) in [5.41, 5.74) is 1.07. The molecule has 1 aliphatic heterocycles. The first-order chi connectivity index (χ1) is 17.5. The maximum atomic E-state index is 14.8. The lowest BCUT2D eigenvalue weighted by molar-refractivity contribution is -0.269. The number of pyridine rings is 3. The predicted octanol–water partition coefficient (Wildman–Crippen LogP) is 4.51. The van der Waals surface area contributed by atoms with E-state index in [0.717, 1.165) is 6.07 Å². The Morgan fingerprint density at radius 3 is 2.57 bits per heavy atom. The largest absolute Gasteiger partial charge is 0.373 e. The number of fused-ring (bicyclic) bond motifs is 1. The highest BCUT2D eigenvalue weighted by Gasteiger charge is 2.43. The summed E-state index contributed by atoms with van der Waals surface area (Å²) < 4.78 is 62.1. The van der Waals surface area contributed by atoms with Gasteiger partial charge in [-0.25, -0.2) is 18.7 Å². The van der Waals surface area contributed by atoms with E-state index in [1.54, 1.807) is 33.0 Å². The molecule has 1 fully saturated rings. The summed E-state index contributed by atoms with van der Waals surface area (Å²) in [4.78, 5) is 31.4. The van der Waals surface area contributed by atoms with Crippen molar-refractivity contribution in [1.29, 1.82) is 0 Å². The van der Waals surface area contributed by atoms with Gasteiger partial charge in [0, 0.05) is 30.7 Å². The van der Waals surface area contributed by atoms with Crippen LogP contribution in [-0.4, -0.2) is 43.7 Å². The minimum absolute atomic E-state index is 0.0270. The molecule has 1 atom stereocenters. The van der Waals surface area contributed by atoms with Crippen LogP contribution in [0, 0.1) is 13.8 Å². The number of aromatic nitrogens is 5. The van der Waals surface area contributed by atoms with Gasteiger partial charge < -0.3 is 9.64 Å². The number of hydrogen-bond acceptors (Lipinski definition) is 7. The van der Waals surface area contributed by atoms with Crippen LogP contribution in [0.15, 0.2) is 47.5 Å². The Bertz CT molecular complexity index is 1540. The van der Waals surface area contributed by atoms with Crippen LogP contribution in [0.4, 0.5) is 23.4 Å². The second-order valence-electron chi connectivity index (χ2n) is 8.88. The number of hydrogen-bond donors (Lipinski definition) is 0. The van der Waals surface area contributed by atoms with Crippen molar-refractivity contribution in [2.75, 3.05) is 18.0 Å². The summed E-state index contributed by atoms with van der Waals surface area (Å²) in [6.45, 7) is 2.62. The molecule has 0 radical (unpaired) electrons. The molecule has 0 amide bonds. The van der Waals surface area contributed by atoms with Crippen LogP contribution < -0.4 is 10.5 Å². The lowest BCUT2D eigenvalue weighted by atomic mass is 10.1. The summed E-state index contributed by atoms with van der Waals surface area (Å²) in [6.07, 6.45) is -4.53. The zero-order chi connectivity index (χ0) is 26.5. The Labute approximate surface area is 208 Å². The lowest BCUT2D eigenvalue weighted by Gasteiger charge is -2.38. The number of alkyl halides is 4. The molecule has 4 aromatic heterocycles. The molecule has 4 aromatic rings. The standard InChI is InChI=1S/C25H22F4N6O2/c1-13-8-15(6-7-30-13)19-11-35(12-25(28,29)37-19)20-9-17-22(32-14(2)34(3)24(17)36)21(33-20)16-4-5-18(23(26)27)31-10-16/h4-10,19,23H,11-12H2,1-3H3/t19-/m0/s1. The second-order valence-corrected chi connectivity index (χ2v) is 8.88. The van der Waals surface area contributed by atoms with E-state index in [0.29, 0.717) is 22.6 Å². The fourth-order valence-corrected chi connectivity index (χ4v) is 4.29. The molecule has 1 saturated heterocycles. The third-order valence-corrected chi connectivity index (χ3v) is 6.25. The van der Waals surface area contributed by atoms with Gasteiger partial charge in [-0.1, -0.05) is 0 Å². The summed E-state index contributed by atoms with van der Waals surface area (Å²) in [6, 6.07) is 7.24. The normalized spacial score (nSPS) is 17.5. The van der Waals surface area contributed by atoms with Gasteiger partial charge in [-0.05, 0) is 49.7 Å². The number of rotatable bonds is 4. The third-order valence-electron chi connectivity index (χ3n) is 6.25. The number of morpholine rings is 1. The van der Waals surface area contributed by atoms with Gasteiger partial charge in [-0.15, -0.1) is 0 Å². The minimum atomic E-state index is -3.51. The van der Waals surface area contributed by atoms with Crippen molar-refractivity contribution in [3.63, 3.8) is 0 Å². The Morgan fingerprint density at radius 1 is 1.11 bits per heavy atom.